The van der Waals surface area contributed by atoms with E-state index in [1.54, 1.807) is 6.20 Å². The number of ether oxygens (including phenoxy) is 2. The maximum absolute atomic E-state index is 13.6. The Hall–Kier alpha value is -4.70. The second-order valence-corrected chi connectivity index (χ2v) is 12.3. The number of nitrogens with zero attached hydrogens (tertiary/aromatic N) is 4. The van der Waals surface area contributed by atoms with E-state index in [2.05, 4.69) is 31.9 Å². The van der Waals surface area contributed by atoms with Crippen LogP contribution in [0.15, 0.2) is 65.7 Å². The highest BCUT2D eigenvalue weighted by atomic mass is 19.2. The highest BCUT2D eigenvalue weighted by molar-refractivity contribution is 5.94. The molecule has 2 saturated heterocycles. The van der Waals surface area contributed by atoms with Gasteiger partial charge in [0.2, 0.25) is 0 Å². The van der Waals surface area contributed by atoms with Crippen molar-refractivity contribution in [2.24, 2.45) is 5.92 Å². The first-order valence-electron chi connectivity index (χ1n) is 16.5. The number of piperidine rings is 1. The number of halogens is 3. The Kier molecular flexibility index (Phi) is 11.3. The zero-order valence-corrected chi connectivity index (χ0v) is 27.1. The molecule has 0 spiro atoms. The summed E-state index contributed by atoms with van der Waals surface area (Å²) in [5.74, 6) is 2.20. The average molecular weight is 674 g/mol. The number of aromatic nitrogens is 2. The van der Waals surface area contributed by atoms with Crippen LogP contribution < -0.4 is 15.6 Å². The van der Waals surface area contributed by atoms with Crippen LogP contribution in [0.1, 0.15) is 34.3 Å². The van der Waals surface area contributed by atoms with E-state index in [0.717, 1.165) is 98.7 Å². The predicted octanol–water partition coefficient (Wildman–Crippen LogP) is 4.07. The molecular formula is C37H38F3N5O4. The molecule has 12 heteroatoms. The van der Waals surface area contributed by atoms with Crippen LogP contribution in [-0.4, -0.2) is 90.9 Å². The van der Waals surface area contributed by atoms with E-state index in [1.807, 2.05) is 24.3 Å². The zero-order valence-electron chi connectivity index (χ0n) is 27.1. The third-order valence-corrected chi connectivity index (χ3v) is 8.85. The topological polar surface area (TPSA) is 88.9 Å². The number of hydrogen-bond donors (Lipinski definition) is 1. The summed E-state index contributed by atoms with van der Waals surface area (Å²) in [4.78, 5) is 35.2. The molecule has 2 fully saturated rings. The highest BCUT2D eigenvalue weighted by Gasteiger charge is 2.22. The van der Waals surface area contributed by atoms with Gasteiger partial charge in [0.05, 0.1) is 38.4 Å². The van der Waals surface area contributed by atoms with Gasteiger partial charge in [-0.05, 0) is 73.5 Å². The molecule has 6 rings (SSSR count). The van der Waals surface area contributed by atoms with Gasteiger partial charge < -0.3 is 24.3 Å². The summed E-state index contributed by atoms with van der Waals surface area (Å²) in [7, 11) is 0. The molecule has 1 amide bonds. The molecule has 9 nitrogen and oxygen atoms in total. The molecule has 1 N–H and O–H groups in total. The first-order chi connectivity index (χ1) is 23.8. The number of carbonyl (C=O) groups is 1. The summed E-state index contributed by atoms with van der Waals surface area (Å²) in [6.45, 7) is 8.24. The van der Waals surface area contributed by atoms with E-state index in [9.17, 15) is 22.8 Å². The minimum absolute atomic E-state index is 0.0281. The van der Waals surface area contributed by atoms with Gasteiger partial charge in [0.1, 0.15) is 11.3 Å². The van der Waals surface area contributed by atoms with Gasteiger partial charge in [-0.2, -0.15) is 0 Å². The third-order valence-electron chi connectivity index (χ3n) is 8.85. The Morgan fingerprint density at radius 1 is 1.02 bits per heavy atom. The minimum atomic E-state index is -1.59. The van der Waals surface area contributed by atoms with Gasteiger partial charge in [-0.15, -0.1) is 0 Å². The number of hydrogen-bond acceptors (Lipinski definition) is 7. The van der Waals surface area contributed by atoms with Crippen molar-refractivity contribution in [2.45, 2.75) is 19.4 Å². The van der Waals surface area contributed by atoms with Crippen LogP contribution in [0.2, 0.25) is 0 Å². The summed E-state index contributed by atoms with van der Waals surface area (Å²) in [5.41, 5.74) is 0.716. The van der Waals surface area contributed by atoms with Crippen molar-refractivity contribution in [1.82, 2.24) is 24.7 Å². The Labute approximate surface area is 282 Å². The fraction of sp³-hybridized carbons (Fsp3) is 0.378. The molecule has 0 radical (unpaired) electrons. The number of rotatable bonds is 10. The van der Waals surface area contributed by atoms with Crippen molar-refractivity contribution in [3.05, 3.63) is 105 Å². The van der Waals surface area contributed by atoms with Gasteiger partial charge >= 0.3 is 0 Å². The summed E-state index contributed by atoms with van der Waals surface area (Å²) in [5, 5.41) is 3.47. The first kappa shape index (κ1) is 34.2. The van der Waals surface area contributed by atoms with Crippen molar-refractivity contribution in [2.75, 3.05) is 65.6 Å². The molecular weight excluding hydrogens is 635 g/mol. The Morgan fingerprint density at radius 3 is 2.63 bits per heavy atom. The third kappa shape index (κ3) is 8.86. The van der Waals surface area contributed by atoms with Crippen LogP contribution in [0.5, 0.6) is 5.75 Å². The predicted molar refractivity (Wildman–Crippen MR) is 179 cm³/mol. The lowest BCUT2D eigenvalue weighted by atomic mass is 9.99. The fourth-order valence-electron chi connectivity index (χ4n) is 6.23. The maximum Gasteiger partial charge on any atom is 0.263 e. The van der Waals surface area contributed by atoms with Gasteiger partial charge in [-0.1, -0.05) is 11.8 Å². The molecule has 2 aliphatic rings. The Balaban J connectivity index is 1.04. The normalized spacial score (nSPS) is 17.0. The molecule has 2 aromatic carbocycles. The van der Waals surface area contributed by atoms with Gasteiger partial charge in [-0.3, -0.25) is 19.5 Å². The molecule has 0 unspecified atom stereocenters. The van der Waals surface area contributed by atoms with Crippen molar-refractivity contribution >= 4 is 16.8 Å². The highest BCUT2D eigenvalue weighted by Crippen LogP contribution is 2.26. The Bertz CT molecular complexity index is 1890. The van der Waals surface area contributed by atoms with Crippen LogP contribution in [0.4, 0.5) is 13.2 Å². The van der Waals surface area contributed by atoms with E-state index in [0.29, 0.717) is 18.1 Å². The van der Waals surface area contributed by atoms with E-state index < -0.39 is 28.9 Å². The summed E-state index contributed by atoms with van der Waals surface area (Å²) in [6.07, 6.45) is 5.40. The molecule has 49 heavy (non-hydrogen) atoms. The smallest absolute Gasteiger partial charge is 0.263 e. The van der Waals surface area contributed by atoms with Crippen LogP contribution in [0.25, 0.3) is 10.9 Å². The molecule has 0 bridgehead atoms. The second-order valence-electron chi connectivity index (χ2n) is 12.3. The number of morpholine rings is 1. The van der Waals surface area contributed by atoms with E-state index in [1.165, 1.54) is 18.3 Å². The van der Waals surface area contributed by atoms with Crippen LogP contribution in [-0.2, 0) is 11.3 Å². The lowest BCUT2D eigenvalue weighted by molar-refractivity contribution is 0.0297. The van der Waals surface area contributed by atoms with Gasteiger partial charge in [-0.25, -0.2) is 13.2 Å². The molecule has 2 aromatic heterocycles. The fourth-order valence-corrected chi connectivity index (χ4v) is 6.23. The minimum Gasteiger partial charge on any atom is -0.492 e. The monoisotopic (exact) mass is 673 g/mol. The van der Waals surface area contributed by atoms with Crippen molar-refractivity contribution in [3.63, 3.8) is 0 Å². The maximum atomic E-state index is 13.6. The number of amides is 1. The lowest BCUT2D eigenvalue weighted by Gasteiger charge is -2.35. The van der Waals surface area contributed by atoms with Crippen LogP contribution in [0.3, 0.4) is 0 Å². The lowest BCUT2D eigenvalue weighted by Crippen LogP contribution is -2.44. The number of benzene rings is 2. The quantitative estimate of drug-likeness (QED) is 0.201. The van der Waals surface area contributed by atoms with Gasteiger partial charge in [0, 0.05) is 62.0 Å². The first-order valence-corrected chi connectivity index (χ1v) is 16.5. The zero-order chi connectivity index (χ0) is 34.2. The SMILES string of the molecule is O=C(NCC#Cc1ccc2nccc(OC[C@H]3CCCN(CCN4CCOCC4)C3)c2c1)c1cccn(Cc2cc(F)c(F)c(F)c2)c1=O. The summed E-state index contributed by atoms with van der Waals surface area (Å²) >= 11 is 0. The van der Waals surface area contributed by atoms with Crippen LogP contribution >= 0.6 is 0 Å². The van der Waals surface area contributed by atoms with Crippen molar-refractivity contribution in [3.8, 4) is 17.6 Å². The number of nitrogens with one attached hydrogen (secondary N) is 1. The molecule has 2 aliphatic heterocycles. The van der Waals surface area contributed by atoms with Gasteiger partial charge in [0.25, 0.3) is 11.5 Å². The van der Waals surface area contributed by atoms with Gasteiger partial charge in [0.15, 0.2) is 17.5 Å². The number of likely N-dealkylation sites (tertiary alicyclic amines) is 1. The second kappa shape index (κ2) is 16.1. The van der Waals surface area contributed by atoms with Crippen LogP contribution in [0, 0.1) is 35.2 Å². The van der Waals surface area contributed by atoms with Crippen molar-refractivity contribution < 1.29 is 27.4 Å². The van der Waals surface area contributed by atoms with Crippen molar-refractivity contribution in [1.29, 1.82) is 0 Å². The molecule has 0 aliphatic carbocycles. The van der Waals surface area contributed by atoms with E-state index in [-0.39, 0.29) is 24.2 Å². The standard InChI is InChI=1S/C37H38F3N5O4/c38-31-21-28(22-32(39)35(31)40)24-45-13-3-6-29(37(45)47)36(46)42-10-1-4-26-7-8-33-30(20-26)34(9-11-41-33)49-25-27-5-2-12-44(23-27)15-14-43-16-18-48-19-17-43/h3,6-9,11,13,20-22,27H,2,5,10,12,14-19,23-25H2,(H,42,46)/t27-/m0/s1. The molecule has 4 heterocycles. The molecule has 1 atom stereocenters. The molecule has 256 valence electrons. The summed E-state index contributed by atoms with van der Waals surface area (Å²) in [6, 6.07) is 11.9. The number of fused-ring (bicyclic) bond motifs is 1. The summed E-state index contributed by atoms with van der Waals surface area (Å²) < 4.78 is 53.5. The number of pyridine rings is 2. The number of carbonyl (C=O) groups excluding carboxylic acids is 1. The average Bonchev–Trinajstić information content (AvgIpc) is 3.12. The molecule has 0 saturated carbocycles. The molecule has 4 aromatic rings. The largest absolute Gasteiger partial charge is 0.492 e. The van der Waals surface area contributed by atoms with E-state index in [4.69, 9.17) is 9.47 Å². The van der Waals surface area contributed by atoms with E-state index >= 15 is 0 Å². The Morgan fingerprint density at radius 2 is 1.82 bits per heavy atom.